The highest BCUT2D eigenvalue weighted by Gasteiger charge is 2.38. The summed E-state index contributed by atoms with van der Waals surface area (Å²) in [5.41, 5.74) is 0.762. The fourth-order valence-electron chi connectivity index (χ4n) is 1.91. The summed E-state index contributed by atoms with van der Waals surface area (Å²) in [6.45, 7) is -0.335. The summed E-state index contributed by atoms with van der Waals surface area (Å²) in [6.07, 6.45) is -4.95. The molecule has 0 heterocycles. The molecule has 3 N–H and O–H groups in total. The average Bonchev–Trinajstić information content (AvgIpc) is 2.52. The van der Waals surface area contributed by atoms with E-state index < -0.39 is 18.0 Å². The number of benzene rings is 2. The number of aromatic hydroxyl groups is 1. The van der Waals surface area contributed by atoms with Crippen LogP contribution in [0, 0.1) is 0 Å². The lowest BCUT2D eigenvalue weighted by Crippen LogP contribution is -2.36. The molecule has 0 bridgehead atoms. The molecule has 0 unspecified atom stereocenters. The summed E-state index contributed by atoms with van der Waals surface area (Å²) >= 11 is 0. The molecule has 0 saturated heterocycles. The first-order chi connectivity index (χ1) is 11.3. The maximum Gasteiger partial charge on any atom is 0.471 e. The van der Waals surface area contributed by atoms with Gasteiger partial charge in [0.05, 0.1) is 5.56 Å². The largest absolute Gasteiger partial charge is 0.507 e. The van der Waals surface area contributed by atoms with Gasteiger partial charge in [-0.05, 0) is 29.8 Å². The summed E-state index contributed by atoms with van der Waals surface area (Å²) in [4.78, 5) is 22.8. The van der Waals surface area contributed by atoms with Gasteiger partial charge in [0.25, 0.3) is 5.91 Å². The van der Waals surface area contributed by atoms with Gasteiger partial charge in [-0.3, -0.25) is 9.59 Å². The third-order valence-corrected chi connectivity index (χ3v) is 3.04. The number of hydrogen-bond acceptors (Lipinski definition) is 3. The summed E-state index contributed by atoms with van der Waals surface area (Å²) in [5.74, 6) is -2.79. The second-order valence-corrected chi connectivity index (χ2v) is 4.85. The van der Waals surface area contributed by atoms with E-state index >= 15 is 0 Å². The molecular formula is C16H13F3N2O3. The van der Waals surface area contributed by atoms with Crippen LogP contribution >= 0.6 is 0 Å². The maximum absolute atomic E-state index is 12.1. The molecule has 8 heteroatoms. The van der Waals surface area contributed by atoms with Crippen molar-refractivity contribution in [1.29, 1.82) is 0 Å². The monoisotopic (exact) mass is 338 g/mol. The number of alkyl halides is 3. The number of para-hydroxylation sites is 1. The minimum absolute atomic E-state index is 0.0632. The minimum Gasteiger partial charge on any atom is -0.507 e. The van der Waals surface area contributed by atoms with Crippen LogP contribution in [0.1, 0.15) is 15.9 Å². The van der Waals surface area contributed by atoms with Crippen molar-refractivity contribution in [2.75, 3.05) is 5.32 Å². The Bertz CT molecular complexity index is 760. The number of hydrogen-bond donors (Lipinski definition) is 3. The standard InChI is InChI=1S/C16H13F3N2O3/c17-16(18,19)15(24)20-9-10-4-3-5-11(8-10)21-14(23)12-6-1-2-7-13(12)22/h1-8,22H,9H2,(H,20,24)(H,21,23). The fourth-order valence-corrected chi connectivity index (χ4v) is 1.91. The summed E-state index contributed by atoms with van der Waals surface area (Å²) in [6, 6.07) is 11.9. The van der Waals surface area contributed by atoms with Gasteiger partial charge < -0.3 is 15.7 Å². The predicted molar refractivity (Wildman–Crippen MR) is 80.4 cm³/mol. The summed E-state index contributed by atoms with van der Waals surface area (Å²) in [7, 11) is 0. The highest BCUT2D eigenvalue weighted by atomic mass is 19.4. The van der Waals surface area contributed by atoms with E-state index in [-0.39, 0.29) is 17.9 Å². The Hall–Kier alpha value is -3.03. The number of carbonyl (C=O) groups excluding carboxylic acids is 2. The third-order valence-electron chi connectivity index (χ3n) is 3.04. The fraction of sp³-hybridized carbons (Fsp3) is 0.125. The Morgan fingerprint density at radius 3 is 2.42 bits per heavy atom. The number of phenols is 1. The molecule has 0 saturated carbocycles. The Morgan fingerprint density at radius 1 is 1.04 bits per heavy atom. The number of amides is 2. The lowest BCUT2D eigenvalue weighted by atomic mass is 10.1. The molecule has 2 aromatic rings. The summed E-state index contributed by atoms with van der Waals surface area (Å²) < 4.78 is 36.4. The first-order valence-corrected chi connectivity index (χ1v) is 6.80. The van der Waals surface area contributed by atoms with Gasteiger partial charge in [0.1, 0.15) is 5.75 Å². The highest BCUT2D eigenvalue weighted by molar-refractivity contribution is 6.06. The van der Waals surface area contributed by atoms with Crippen molar-refractivity contribution in [2.24, 2.45) is 0 Å². The van der Waals surface area contributed by atoms with Crippen LogP contribution in [0.4, 0.5) is 18.9 Å². The van der Waals surface area contributed by atoms with Crippen LogP contribution in [0.2, 0.25) is 0 Å². The van der Waals surface area contributed by atoms with Crippen LogP contribution in [0.5, 0.6) is 5.75 Å². The van der Waals surface area contributed by atoms with E-state index in [0.717, 1.165) is 0 Å². The minimum atomic E-state index is -4.95. The molecule has 0 fully saturated rings. The number of phenolic OH excluding ortho intramolecular Hbond substituents is 1. The van der Waals surface area contributed by atoms with Crippen molar-refractivity contribution in [2.45, 2.75) is 12.7 Å². The summed E-state index contributed by atoms with van der Waals surface area (Å²) in [5, 5.41) is 13.9. The van der Waals surface area contributed by atoms with Crippen LogP contribution in [0.25, 0.3) is 0 Å². The van der Waals surface area contributed by atoms with Crippen LogP contribution in [-0.4, -0.2) is 23.1 Å². The van der Waals surface area contributed by atoms with Crippen LogP contribution in [0.3, 0.4) is 0 Å². The van der Waals surface area contributed by atoms with E-state index in [1.807, 2.05) is 0 Å². The van der Waals surface area contributed by atoms with Gasteiger partial charge in [-0.15, -0.1) is 0 Å². The van der Waals surface area contributed by atoms with E-state index in [9.17, 15) is 27.9 Å². The van der Waals surface area contributed by atoms with E-state index in [1.54, 1.807) is 17.4 Å². The van der Waals surface area contributed by atoms with Crippen molar-refractivity contribution in [3.05, 3.63) is 59.7 Å². The van der Waals surface area contributed by atoms with Crippen LogP contribution < -0.4 is 10.6 Å². The van der Waals surface area contributed by atoms with Crippen LogP contribution in [-0.2, 0) is 11.3 Å². The Morgan fingerprint density at radius 2 is 1.75 bits per heavy atom. The number of anilines is 1. The topological polar surface area (TPSA) is 78.4 Å². The lowest BCUT2D eigenvalue weighted by molar-refractivity contribution is -0.173. The van der Waals surface area contributed by atoms with Gasteiger partial charge in [0.15, 0.2) is 0 Å². The number of halogens is 3. The molecule has 0 atom stereocenters. The normalized spacial score (nSPS) is 11.0. The first-order valence-electron chi connectivity index (χ1n) is 6.80. The molecule has 0 aromatic heterocycles. The van der Waals surface area contributed by atoms with Crippen LogP contribution in [0.15, 0.2) is 48.5 Å². The van der Waals surface area contributed by atoms with E-state index in [4.69, 9.17) is 0 Å². The van der Waals surface area contributed by atoms with Gasteiger partial charge in [-0.1, -0.05) is 24.3 Å². The number of rotatable bonds is 4. The second kappa shape index (κ2) is 7.03. The number of carbonyl (C=O) groups is 2. The first kappa shape index (κ1) is 17.3. The maximum atomic E-state index is 12.1. The Labute approximate surface area is 135 Å². The molecule has 2 rings (SSSR count). The molecule has 0 aliphatic rings. The van der Waals surface area contributed by atoms with E-state index in [2.05, 4.69) is 5.32 Å². The zero-order valence-electron chi connectivity index (χ0n) is 12.2. The third kappa shape index (κ3) is 4.48. The molecule has 2 amide bonds. The smallest absolute Gasteiger partial charge is 0.471 e. The average molecular weight is 338 g/mol. The Balaban J connectivity index is 2.04. The zero-order valence-corrected chi connectivity index (χ0v) is 12.2. The van der Waals surface area contributed by atoms with Crippen molar-refractivity contribution in [3.63, 3.8) is 0 Å². The van der Waals surface area contributed by atoms with Crippen molar-refractivity contribution in [1.82, 2.24) is 5.32 Å². The van der Waals surface area contributed by atoms with Gasteiger partial charge in [0.2, 0.25) is 0 Å². The predicted octanol–water partition coefficient (Wildman–Crippen LogP) is 2.82. The van der Waals surface area contributed by atoms with E-state index in [1.165, 1.54) is 36.4 Å². The molecule has 0 spiro atoms. The molecule has 126 valence electrons. The van der Waals surface area contributed by atoms with Gasteiger partial charge in [-0.25, -0.2) is 0 Å². The molecule has 0 aliphatic carbocycles. The SMILES string of the molecule is O=C(Nc1cccc(CNC(=O)C(F)(F)F)c1)c1ccccc1O. The van der Waals surface area contributed by atoms with Gasteiger partial charge >= 0.3 is 12.1 Å². The van der Waals surface area contributed by atoms with Crippen molar-refractivity contribution in [3.8, 4) is 5.75 Å². The van der Waals surface area contributed by atoms with Gasteiger partial charge in [-0.2, -0.15) is 13.2 Å². The second-order valence-electron chi connectivity index (χ2n) is 4.85. The zero-order chi connectivity index (χ0) is 17.7. The molecule has 5 nitrogen and oxygen atoms in total. The molecule has 24 heavy (non-hydrogen) atoms. The van der Waals surface area contributed by atoms with Crippen molar-refractivity contribution >= 4 is 17.5 Å². The lowest BCUT2D eigenvalue weighted by Gasteiger charge is -2.10. The highest BCUT2D eigenvalue weighted by Crippen LogP contribution is 2.19. The van der Waals surface area contributed by atoms with Gasteiger partial charge in [0, 0.05) is 12.2 Å². The molecule has 0 aliphatic heterocycles. The molecule has 0 radical (unpaired) electrons. The number of nitrogens with one attached hydrogen (secondary N) is 2. The van der Waals surface area contributed by atoms with E-state index in [0.29, 0.717) is 11.3 Å². The van der Waals surface area contributed by atoms with Crippen molar-refractivity contribution < 1.29 is 27.9 Å². The molecule has 2 aromatic carbocycles. The quantitative estimate of drug-likeness (QED) is 0.802. The molecular weight excluding hydrogens is 325 g/mol. The Kier molecular flexibility index (Phi) is 5.08.